The van der Waals surface area contributed by atoms with E-state index in [-0.39, 0.29) is 0 Å². The lowest BCUT2D eigenvalue weighted by Gasteiger charge is -2.25. The van der Waals surface area contributed by atoms with Crippen molar-refractivity contribution in [3.63, 3.8) is 0 Å². The maximum Gasteiger partial charge on any atom is 0.0513 e. The van der Waals surface area contributed by atoms with E-state index >= 15 is 0 Å². The molecule has 1 aliphatic rings. The van der Waals surface area contributed by atoms with Crippen LogP contribution in [-0.4, -0.2) is 19.1 Å². The van der Waals surface area contributed by atoms with Crippen LogP contribution in [0.3, 0.4) is 0 Å². The number of nitrogens with zero attached hydrogens (tertiary/aromatic N) is 1. The first-order valence-electron chi connectivity index (χ1n) is 6.98. The first-order valence-corrected chi connectivity index (χ1v) is 7.77. The van der Waals surface area contributed by atoms with Gasteiger partial charge in [-0.25, -0.2) is 0 Å². The van der Waals surface area contributed by atoms with E-state index in [1.165, 1.54) is 41.5 Å². The van der Waals surface area contributed by atoms with Crippen LogP contribution >= 0.6 is 15.9 Å². The van der Waals surface area contributed by atoms with Gasteiger partial charge in [0.1, 0.15) is 0 Å². The molecule has 100 valence electrons. The highest BCUT2D eigenvalue weighted by molar-refractivity contribution is 9.10. The van der Waals surface area contributed by atoms with E-state index in [9.17, 15) is 0 Å². The second kappa shape index (κ2) is 6.58. The standard InChI is InChI=1S/C15H23BrN2/c1-3-8-17-11-13-6-7-15(14(16)10-13)18-9-4-5-12(18)2/h6-7,10,12,17H,3-5,8-9,11H2,1-2H3. The van der Waals surface area contributed by atoms with Crippen molar-refractivity contribution in [1.82, 2.24) is 5.32 Å². The minimum Gasteiger partial charge on any atom is -0.368 e. The zero-order valence-electron chi connectivity index (χ0n) is 11.4. The van der Waals surface area contributed by atoms with Gasteiger partial charge in [0.15, 0.2) is 0 Å². The summed E-state index contributed by atoms with van der Waals surface area (Å²) in [6.45, 7) is 7.74. The van der Waals surface area contributed by atoms with Gasteiger partial charge in [0.2, 0.25) is 0 Å². The molecule has 0 aromatic heterocycles. The van der Waals surface area contributed by atoms with Crippen molar-refractivity contribution < 1.29 is 0 Å². The van der Waals surface area contributed by atoms with Gasteiger partial charge in [-0.05, 0) is 66.4 Å². The van der Waals surface area contributed by atoms with E-state index in [4.69, 9.17) is 0 Å². The van der Waals surface area contributed by atoms with Gasteiger partial charge in [-0.2, -0.15) is 0 Å². The number of rotatable bonds is 5. The van der Waals surface area contributed by atoms with Gasteiger partial charge in [-0.1, -0.05) is 13.0 Å². The molecule has 1 N–H and O–H groups in total. The monoisotopic (exact) mass is 310 g/mol. The van der Waals surface area contributed by atoms with Crippen molar-refractivity contribution in [1.29, 1.82) is 0 Å². The molecular formula is C15H23BrN2. The van der Waals surface area contributed by atoms with Crippen molar-refractivity contribution in [3.8, 4) is 0 Å². The van der Waals surface area contributed by atoms with E-state index in [0.717, 1.165) is 13.1 Å². The molecule has 18 heavy (non-hydrogen) atoms. The van der Waals surface area contributed by atoms with E-state index in [1.54, 1.807) is 0 Å². The average molecular weight is 311 g/mol. The van der Waals surface area contributed by atoms with E-state index in [2.05, 4.69) is 58.2 Å². The van der Waals surface area contributed by atoms with Gasteiger partial charge in [-0.15, -0.1) is 0 Å². The summed E-state index contributed by atoms with van der Waals surface area (Å²) in [4.78, 5) is 2.51. The Kier molecular flexibility index (Phi) is 5.07. The molecule has 1 aromatic rings. The van der Waals surface area contributed by atoms with Crippen LogP contribution in [0.5, 0.6) is 0 Å². The maximum absolute atomic E-state index is 3.72. The summed E-state index contributed by atoms with van der Waals surface area (Å²) in [6.07, 6.45) is 3.81. The normalized spacial score (nSPS) is 19.5. The average Bonchev–Trinajstić information content (AvgIpc) is 2.76. The Morgan fingerprint density at radius 1 is 1.44 bits per heavy atom. The van der Waals surface area contributed by atoms with Crippen molar-refractivity contribution in [3.05, 3.63) is 28.2 Å². The quantitative estimate of drug-likeness (QED) is 0.829. The Balaban J connectivity index is 2.05. The molecule has 2 rings (SSSR count). The number of nitrogens with one attached hydrogen (secondary N) is 1. The molecule has 0 bridgehead atoms. The topological polar surface area (TPSA) is 15.3 Å². The third-order valence-corrected chi connectivity index (χ3v) is 4.27. The lowest BCUT2D eigenvalue weighted by Crippen LogP contribution is -2.26. The Labute approximate surface area is 119 Å². The van der Waals surface area contributed by atoms with E-state index in [0.29, 0.717) is 6.04 Å². The zero-order chi connectivity index (χ0) is 13.0. The second-order valence-corrected chi connectivity index (χ2v) is 6.00. The minimum atomic E-state index is 0.672. The molecule has 3 heteroatoms. The molecule has 0 amide bonds. The fraction of sp³-hybridized carbons (Fsp3) is 0.600. The molecule has 1 saturated heterocycles. The van der Waals surface area contributed by atoms with Gasteiger partial charge in [-0.3, -0.25) is 0 Å². The molecule has 1 unspecified atom stereocenters. The Morgan fingerprint density at radius 3 is 2.89 bits per heavy atom. The molecule has 2 nitrogen and oxygen atoms in total. The highest BCUT2D eigenvalue weighted by Gasteiger charge is 2.22. The second-order valence-electron chi connectivity index (χ2n) is 5.15. The molecule has 0 aliphatic carbocycles. The molecule has 1 heterocycles. The smallest absolute Gasteiger partial charge is 0.0513 e. The number of benzene rings is 1. The van der Waals surface area contributed by atoms with Crippen molar-refractivity contribution in [2.45, 2.75) is 45.7 Å². The SMILES string of the molecule is CCCNCc1ccc(N2CCCC2C)c(Br)c1. The summed E-state index contributed by atoms with van der Waals surface area (Å²) < 4.78 is 1.23. The highest BCUT2D eigenvalue weighted by Crippen LogP contribution is 2.32. The number of halogens is 1. The Bertz CT molecular complexity index is 392. The predicted molar refractivity (Wildman–Crippen MR) is 82.2 cm³/mol. The van der Waals surface area contributed by atoms with Crippen LogP contribution < -0.4 is 10.2 Å². The van der Waals surface area contributed by atoms with Crippen LogP contribution in [0.2, 0.25) is 0 Å². The lowest BCUT2D eigenvalue weighted by atomic mass is 10.1. The lowest BCUT2D eigenvalue weighted by molar-refractivity contribution is 0.675. The van der Waals surface area contributed by atoms with Gasteiger partial charge >= 0.3 is 0 Å². The first kappa shape index (κ1) is 13.9. The first-order chi connectivity index (χ1) is 8.72. The number of anilines is 1. The van der Waals surface area contributed by atoms with Gasteiger partial charge < -0.3 is 10.2 Å². The van der Waals surface area contributed by atoms with E-state index < -0.39 is 0 Å². The highest BCUT2D eigenvalue weighted by atomic mass is 79.9. The molecule has 1 aromatic carbocycles. The molecule has 1 aliphatic heterocycles. The van der Waals surface area contributed by atoms with Crippen LogP contribution in [0.15, 0.2) is 22.7 Å². The van der Waals surface area contributed by atoms with Gasteiger partial charge in [0, 0.05) is 23.6 Å². The van der Waals surface area contributed by atoms with Crippen LogP contribution in [0.25, 0.3) is 0 Å². The number of hydrogen-bond acceptors (Lipinski definition) is 2. The minimum absolute atomic E-state index is 0.672. The largest absolute Gasteiger partial charge is 0.368 e. The maximum atomic E-state index is 3.72. The van der Waals surface area contributed by atoms with Crippen molar-refractivity contribution in [2.24, 2.45) is 0 Å². The predicted octanol–water partition coefficient (Wildman–Crippen LogP) is 3.94. The van der Waals surface area contributed by atoms with Crippen LogP contribution in [-0.2, 0) is 6.54 Å². The molecular weight excluding hydrogens is 288 g/mol. The molecule has 1 fully saturated rings. The fourth-order valence-corrected chi connectivity index (χ4v) is 3.25. The molecule has 0 spiro atoms. The third-order valence-electron chi connectivity index (χ3n) is 3.63. The van der Waals surface area contributed by atoms with Crippen LogP contribution in [0.4, 0.5) is 5.69 Å². The summed E-state index contributed by atoms with van der Waals surface area (Å²) >= 11 is 3.72. The third kappa shape index (κ3) is 3.27. The van der Waals surface area contributed by atoms with Crippen molar-refractivity contribution in [2.75, 3.05) is 18.0 Å². The fourth-order valence-electron chi connectivity index (χ4n) is 2.59. The summed E-state index contributed by atoms with van der Waals surface area (Å²) in [5, 5.41) is 3.44. The van der Waals surface area contributed by atoms with Crippen LogP contribution in [0.1, 0.15) is 38.7 Å². The summed E-state index contributed by atoms with van der Waals surface area (Å²) in [5.74, 6) is 0. The van der Waals surface area contributed by atoms with Crippen molar-refractivity contribution >= 4 is 21.6 Å². The van der Waals surface area contributed by atoms with Gasteiger partial charge in [0.25, 0.3) is 0 Å². The van der Waals surface area contributed by atoms with Crippen LogP contribution in [0, 0.1) is 0 Å². The summed E-state index contributed by atoms with van der Waals surface area (Å²) in [7, 11) is 0. The zero-order valence-corrected chi connectivity index (χ0v) is 13.0. The molecule has 0 saturated carbocycles. The summed E-state index contributed by atoms with van der Waals surface area (Å²) in [6, 6.07) is 7.43. The molecule has 1 atom stereocenters. The Hall–Kier alpha value is -0.540. The Morgan fingerprint density at radius 2 is 2.28 bits per heavy atom. The van der Waals surface area contributed by atoms with E-state index in [1.807, 2.05) is 0 Å². The van der Waals surface area contributed by atoms with Gasteiger partial charge in [0.05, 0.1) is 5.69 Å². The molecule has 0 radical (unpaired) electrons. The summed E-state index contributed by atoms with van der Waals surface area (Å²) in [5.41, 5.74) is 2.70. The number of hydrogen-bond donors (Lipinski definition) is 1.